The number of rotatable bonds is 3. The molecule has 0 radical (unpaired) electrons. The second-order valence-corrected chi connectivity index (χ2v) is 8.03. The second-order valence-electron chi connectivity index (χ2n) is 8.03. The molecule has 0 aliphatic heterocycles. The minimum atomic E-state index is 1.14. The summed E-state index contributed by atoms with van der Waals surface area (Å²) in [6, 6.07) is 41.1. The third-order valence-corrected chi connectivity index (χ3v) is 6.14. The summed E-state index contributed by atoms with van der Waals surface area (Å²) in [5.41, 5.74) is 7.33. The molecule has 1 aromatic heterocycles. The van der Waals surface area contributed by atoms with Gasteiger partial charge in [0.2, 0.25) is 0 Å². The first kappa shape index (κ1) is 18.5. The molecule has 32 heavy (non-hydrogen) atoms. The highest BCUT2D eigenvalue weighted by Crippen LogP contribution is 2.44. The first-order valence-corrected chi connectivity index (χ1v) is 10.9. The van der Waals surface area contributed by atoms with E-state index in [9.17, 15) is 0 Å². The zero-order valence-corrected chi connectivity index (χ0v) is 17.6. The summed E-state index contributed by atoms with van der Waals surface area (Å²) < 4.78 is 0. The van der Waals surface area contributed by atoms with Crippen LogP contribution in [0.3, 0.4) is 0 Å². The Labute approximate surface area is 187 Å². The van der Waals surface area contributed by atoms with E-state index in [0.29, 0.717) is 0 Å². The van der Waals surface area contributed by atoms with Gasteiger partial charge >= 0.3 is 0 Å². The van der Waals surface area contributed by atoms with Crippen LogP contribution in [0.1, 0.15) is 0 Å². The van der Waals surface area contributed by atoms with Crippen LogP contribution in [0.4, 0.5) is 0 Å². The fourth-order valence-electron chi connectivity index (χ4n) is 4.73. The van der Waals surface area contributed by atoms with Gasteiger partial charge in [0.1, 0.15) is 0 Å². The summed E-state index contributed by atoms with van der Waals surface area (Å²) in [5, 5.41) is 5.01. The minimum absolute atomic E-state index is 1.14. The van der Waals surface area contributed by atoms with Gasteiger partial charge in [0, 0.05) is 18.0 Å². The van der Waals surface area contributed by atoms with Gasteiger partial charge in [-0.3, -0.25) is 4.98 Å². The highest BCUT2D eigenvalue weighted by molar-refractivity contribution is 6.21. The summed E-state index contributed by atoms with van der Waals surface area (Å²) in [6.07, 6.45) is 3.81. The fourth-order valence-corrected chi connectivity index (χ4v) is 4.73. The van der Waals surface area contributed by atoms with Crippen LogP contribution < -0.4 is 0 Å². The van der Waals surface area contributed by atoms with Crippen molar-refractivity contribution in [2.45, 2.75) is 0 Å². The largest absolute Gasteiger partial charge is 0.264 e. The molecule has 150 valence electrons. The SMILES string of the molecule is c1ccc(-c2ccc3c(-c4ccccc4)c4ccccc4c(-c4cccnc4)c3c2)cc1. The van der Waals surface area contributed by atoms with Gasteiger partial charge in [0.15, 0.2) is 0 Å². The molecule has 0 amide bonds. The Morgan fingerprint density at radius 3 is 1.59 bits per heavy atom. The molecule has 0 saturated carbocycles. The molecular formula is C31H21N. The second kappa shape index (κ2) is 7.79. The van der Waals surface area contributed by atoms with Gasteiger partial charge in [-0.25, -0.2) is 0 Å². The quantitative estimate of drug-likeness (QED) is 0.268. The van der Waals surface area contributed by atoms with Crippen LogP contribution in [0, 0.1) is 0 Å². The smallest absolute Gasteiger partial charge is 0.0346 e. The Hall–Kier alpha value is -4.23. The maximum absolute atomic E-state index is 4.44. The maximum Gasteiger partial charge on any atom is 0.0346 e. The summed E-state index contributed by atoms with van der Waals surface area (Å²) in [4.78, 5) is 4.44. The van der Waals surface area contributed by atoms with Gasteiger partial charge in [-0.05, 0) is 61.5 Å². The van der Waals surface area contributed by atoms with Crippen molar-refractivity contribution in [2.75, 3.05) is 0 Å². The van der Waals surface area contributed by atoms with Gasteiger partial charge < -0.3 is 0 Å². The average Bonchev–Trinajstić information content (AvgIpc) is 2.88. The molecule has 0 unspecified atom stereocenters. The van der Waals surface area contributed by atoms with Crippen molar-refractivity contribution in [3.05, 3.63) is 128 Å². The summed E-state index contributed by atoms with van der Waals surface area (Å²) in [6.45, 7) is 0. The number of benzene rings is 5. The van der Waals surface area contributed by atoms with E-state index < -0.39 is 0 Å². The Balaban J connectivity index is 1.80. The van der Waals surface area contributed by atoms with Crippen LogP contribution in [-0.2, 0) is 0 Å². The zero-order valence-electron chi connectivity index (χ0n) is 17.6. The molecule has 0 bridgehead atoms. The van der Waals surface area contributed by atoms with E-state index in [0.717, 1.165) is 5.56 Å². The van der Waals surface area contributed by atoms with Gasteiger partial charge in [0.25, 0.3) is 0 Å². The lowest BCUT2D eigenvalue weighted by Crippen LogP contribution is -1.92. The van der Waals surface area contributed by atoms with Crippen molar-refractivity contribution in [3.63, 3.8) is 0 Å². The Morgan fingerprint density at radius 1 is 0.375 bits per heavy atom. The Kier molecular flexibility index (Phi) is 4.51. The van der Waals surface area contributed by atoms with E-state index in [4.69, 9.17) is 0 Å². The van der Waals surface area contributed by atoms with E-state index in [-0.39, 0.29) is 0 Å². The van der Waals surface area contributed by atoms with E-state index in [2.05, 4.69) is 114 Å². The van der Waals surface area contributed by atoms with Crippen LogP contribution in [0.25, 0.3) is 54.9 Å². The molecule has 1 nitrogen and oxygen atoms in total. The van der Waals surface area contributed by atoms with E-state index in [1.54, 1.807) is 0 Å². The highest BCUT2D eigenvalue weighted by Gasteiger charge is 2.17. The first-order chi connectivity index (χ1) is 15.9. The maximum atomic E-state index is 4.44. The van der Waals surface area contributed by atoms with E-state index in [1.807, 2.05) is 18.5 Å². The average molecular weight is 408 g/mol. The molecule has 0 aliphatic rings. The van der Waals surface area contributed by atoms with Crippen molar-refractivity contribution >= 4 is 21.5 Å². The molecule has 0 aliphatic carbocycles. The topological polar surface area (TPSA) is 12.9 Å². The zero-order chi connectivity index (χ0) is 21.3. The predicted octanol–water partition coefficient (Wildman–Crippen LogP) is 8.39. The summed E-state index contributed by atoms with van der Waals surface area (Å²) in [5.74, 6) is 0. The third-order valence-electron chi connectivity index (χ3n) is 6.14. The van der Waals surface area contributed by atoms with E-state index >= 15 is 0 Å². The van der Waals surface area contributed by atoms with Gasteiger partial charge in [-0.1, -0.05) is 103 Å². The number of hydrogen-bond acceptors (Lipinski definition) is 1. The normalized spacial score (nSPS) is 11.1. The predicted molar refractivity (Wildman–Crippen MR) is 136 cm³/mol. The fraction of sp³-hybridized carbons (Fsp3) is 0. The Bertz CT molecular complexity index is 1540. The standard InChI is InChI=1S/C31H21N/c1-3-10-22(11-4-1)24-17-18-28-29(20-24)31(25-14-9-19-32-21-25)27-16-8-7-15-26(27)30(28)23-12-5-2-6-13-23/h1-21H. The molecule has 0 spiro atoms. The van der Waals surface area contributed by atoms with Crippen LogP contribution in [0.15, 0.2) is 128 Å². The van der Waals surface area contributed by atoms with Gasteiger partial charge in [-0.2, -0.15) is 0 Å². The molecular weight excluding hydrogens is 386 g/mol. The van der Waals surface area contributed by atoms with Crippen molar-refractivity contribution < 1.29 is 0 Å². The number of fused-ring (bicyclic) bond motifs is 2. The number of nitrogens with zero attached hydrogens (tertiary/aromatic N) is 1. The molecule has 5 aromatic carbocycles. The van der Waals surface area contributed by atoms with Crippen molar-refractivity contribution in [3.8, 4) is 33.4 Å². The van der Waals surface area contributed by atoms with Crippen molar-refractivity contribution in [1.82, 2.24) is 4.98 Å². The van der Waals surface area contributed by atoms with Crippen LogP contribution >= 0.6 is 0 Å². The number of aromatic nitrogens is 1. The molecule has 0 saturated heterocycles. The molecule has 0 atom stereocenters. The molecule has 0 fully saturated rings. The monoisotopic (exact) mass is 407 g/mol. The van der Waals surface area contributed by atoms with Crippen molar-refractivity contribution in [1.29, 1.82) is 0 Å². The highest BCUT2D eigenvalue weighted by atomic mass is 14.6. The lowest BCUT2D eigenvalue weighted by molar-refractivity contribution is 1.33. The van der Waals surface area contributed by atoms with Crippen molar-refractivity contribution in [2.24, 2.45) is 0 Å². The van der Waals surface area contributed by atoms with Gasteiger partial charge in [-0.15, -0.1) is 0 Å². The third kappa shape index (κ3) is 3.07. The minimum Gasteiger partial charge on any atom is -0.264 e. The lowest BCUT2D eigenvalue weighted by atomic mass is 9.85. The Morgan fingerprint density at radius 2 is 0.938 bits per heavy atom. The molecule has 6 rings (SSSR count). The van der Waals surface area contributed by atoms with Crippen LogP contribution in [0.5, 0.6) is 0 Å². The van der Waals surface area contributed by atoms with Gasteiger partial charge in [0.05, 0.1) is 0 Å². The van der Waals surface area contributed by atoms with Crippen LogP contribution in [-0.4, -0.2) is 4.98 Å². The van der Waals surface area contributed by atoms with Crippen LogP contribution in [0.2, 0.25) is 0 Å². The van der Waals surface area contributed by atoms with E-state index in [1.165, 1.54) is 49.4 Å². The molecule has 0 N–H and O–H groups in total. The lowest BCUT2D eigenvalue weighted by Gasteiger charge is -2.18. The molecule has 1 heteroatoms. The molecule has 1 heterocycles. The molecule has 6 aromatic rings. The summed E-state index contributed by atoms with van der Waals surface area (Å²) >= 11 is 0. The number of pyridine rings is 1. The number of hydrogen-bond donors (Lipinski definition) is 0. The summed E-state index contributed by atoms with van der Waals surface area (Å²) in [7, 11) is 0. The first-order valence-electron chi connectivity index (χ1n) is 10.9.